The standard InChI is InChI=1S/C30H34O6/c1-3-34-29(33-2)36-26-7-6-21(24-11-22-4-5-23(28(31)32)13-27(22)35-17-24)12-25(26)30-14-18-8-19(15-30)10-20(9-18)16-30/h4-7,11-13,18-20,29H,3,8-10,14-17H2,1-2H3,(H,31,32). The minimum absolute atomic E-state index is 0.134. The van der Waals surface area contributed by atoms with Crippen molar-refractivity contribution >= 4 is 17.6 Å². The van der Waals surface area contributed by atoms with E-state index in [0.29, 0.717) is 19.0 Å². The maximum Gasteiger partial charge on any atom is 0.335 e. The summed E-state index contributed by atoms with van der Waals surface area (Å²) in [5.41, 5.74) is 4.73. The van der Waals surface area contributed by atoms with Gasteiger partial charge < -0.3 is 24.1 Å². The van der Waals surface area contributed by atoms with Gasteiger partial charge in [-0.3, -0.25) is 0 Å². The van der Waals surface area contributed by atoms with E-state index in [9.17, 15) is 9.90 Å². The fraction of sp³-hybridized carbons (Fsp3) is 0.500. The molecule has 0 aromatic heterocycles. The van der Waals surface area contributed by atoms with Crippen molar-refractivity contribution in [3.05, 3.63) is 58.7 Å². The van der Waals surface area contributed by atoms with Gasteiger partial charge in [0.1, 0.15) is 18.1 Å². The largest absolute Gasteiger partial charge is 0.488 e. The fourth-order valence-corrected chi connectivity index (χ4v) is 7.54. The summed E-state index contributed by atoms with van der Waals surface area (Å²) in [4.78, 5) is 11.3. The summed E-state index contributed by atoms with van der Waals surface area (Å²) in [6.45, 7) is 2.11. The van der Waals surface area contributed by atoms with Crippen LogP contribution in [0.15, 0.2) is 36.4 Å². The molecule has 4 fully saturated rings. The summed E-state index contributed by atoms with van der Waals surface area (Å²) in [6.07, 6.45) is 9.92. The number of carboxylic acid groups (broad SMARTS) is 1. The van der Waals surface area contributed by atoms with Crippen LogP contribution in [0.1, 0.15) is 72.5 Å². The van der Waals surface area contributed by atoms with Crippen LogP contribution >= 0.6 is 0 Å². The highest BCUT2D eigenvalue weighted by Crippen LogP contribution is 2.62. The molecule has 5 aliphatic rings. The van der Waals surface area contributed by atoms with Gasteiger partial charge in [-0.05, 0) is 110 Å². The molecule has 7 rings (SSSR count). The van der Waals surface area contributed by atoms with Crippen LogP contribution in [0.25, 0.3) is 11.6 Å². The Labute approximate surface area is 212 Å². The van der Waals surface area contributed by atoms with Gasteiger partial charge in [-0.15, -0.1) is 0 Å². The van der Waals surface area contributed by atoms with Crippen LogP contribution in [-0.2, 0) is 14.9 Å². The maximum atomic E-state index is 11.3. The van der Waals surface area contributed by atoms with Crippen molar-refractivity contribution in [3.8, 4) is 11.5 Å². The van der Waals surface area contributed by atoms with Gasteiger partial charge in [0.05, 0.1) is 12.2 Å². The van der Waals surface area contributed by atoms with E-state index in [1.807, 2.05) is 13.0 Å². The van der Waals surface area contributed by atoms with Crippen molar-refractivity contribution in [2.45, 2.75) is 57.3 Å². The molecule has 4 aliphatic carbocycles. The van der Waals surface area contributed by atoms with Gasteiger partial charge >= 0.3 is 12.4 Å². The zero-order valence-electron chi connectivity index (χ0n) is 21.0. The number of carbonyl (C=O) groups is 1. The molecule has 36 heavy (non-hydrogen) atoms. The third-order valence-corrected chi connectivity index (χ3v) is 8.65. The predicted octanol–water partition coefficient (Wildman–Crippen LogP) is 6.13. The van der Waals surface area contributed by atoms with Crippen LogP contribution in [0.2, 0.25) is 0 Å². The zero-order chi connectivity index (χ0) is 24.9. The summed E-state index contributed by atoms with van der Waals surface area (Å²) >= 11 is 0. The van der Waals surface area contributed by atoms with Gasteiger partial charge in [-0.25, -0.2) is 4.79 Å². The molecule has 0 saturated heterocycles. The second-order valence-corrected chi connectivity index (χ2v) is 11.0. The molecule has 190 valence electrons. The monoisotopic (exact) mass is 490 g/mol. The minimum Gasteiger partial charge on any atom is -0.488 e. The van der Waals surface area contributed by atoms with Crippen LogP contribution in [0.4, 0.5) is 0 Å². The first-order valence-corrected chi connectivity index (χ1v) is 13.1. The average molecular weight is 491 g/mol. The predicted molar refractivity (Wildman–Crippen MR) is 136 cm³/mol. The Morgan fingerprint density at radius 1 is 1.08 bits per heavy atom. The normalized spacial score (nSPS) is 28.7. The molecule has 0 radical (unpaired) electrons. The van der Waals surface area contributed by atoms with Crippen LogP contribution < -0.4 is 9.47 Å². The lowest BCUT2D eigenvalue weighted by atomic mass is 9.48. The number of rotatable bonds is 8. The lowest BCUT2D eigenvalue weighted by molar-refractivity contribution is -0.231. The smallest absolute Gasteiger partial charge is 0.335 e. The highest BCUT2D eigenvalue weighted by atomic mass is 16.8. The van der Waals surface area contributed by atoms with E-state index in [2.05, 4.69) is 24.3 Å². The molecule has 0 amide bonds. The second-order valence-electron chi connectivity index (χ2n) is 11.0. The molecule has 4 bridgehead atoms. The first-order valence-electron chi connectivity index (χ1n) is 13.1. The molecule has 1 aliphatic heterocycles. The number of fused-ring (bicyclic) bond motifs is 1. The van der Waals surface area contributed by atoms with Gasteiger partial charge in [0.25, 0.3) is 0 Å². The van der Waals surface area contributed by atoms with E-state index in [4.69, 9.17) is 18.9 Å². The SMILES string of the molecule is CCOC(OC)Oc1ccc(C2=Cc3ccc(C(=O)O)cc3OC2)cc1C12CC3CC(CC(C3)C1)C2. The fourth-order valence-electron chi connectivity index (χ4n) is 7.54. The van der Waals surface area contributed by atoms with Crippen molar-refractivity contribution in [2.75, 3.05) is 20.3 Å². The third kappa shape index (κ3) is 4.20. The van der Waals surface area contributed by atoms with Gasteiger partial charge in [0.15, 0.2) is 0 Å². The number of aromatic carboxylic acids is 1. The molecule has 0 spiro atoms. The molecular weight excluding hydrogens is 456 g/mol. The number of carboxylic acids is 1. The zero-order valence-corrected chi connectivity index (χ0v) is 21.0. The second kappa shape index (κ2) is 9.24. The number of hydrogen-bond acceptors (Lipinski definition) is 5. The van der Waals surface area contributed by atoms with Gasteiger partial charge in [0.2, 0.25) is 0 Å². The van der Waals surface area contributed by atoms with Crippen LogP contribution in [0, 0.1) is 17.8 Å². The molecule has 2 aromatic rings. The Morgan fingerprint density at radius 3 is 2.44 bits per heavy atom. The van der Waals surface area contributed by atoms with E-state index in [1.165, 1.54) is 44.1 Å². The number of hydrogen-bond donors (Lipinski definition) is 1. The van der Waals surface area contributed by atoms with Crippen LogP contribution in [-0.4, -0.2) is 37.9 Å². The first-order chi connectivity index (χ1) is 17.5. The molecule has 1 atom stereocenters. The highest BCUT2D eigenvalue weighted by Gasteiger charge is 2.52. The molecule has 6 nitrogen and oxygen atoms in total. The Balaban J connectivity index is 1.39. The van der Waals surface area contributed by atoms with Crippen molar-refractivity contribution in [1.29, 1.82) is 0 Å². The molecule has 4 saturated carbocycles. The molecule has 1 N–H and O–H groups in total. The molecular formula is C30H34O6. The van der Waals surface area contributed by atoms with E-state index >= 15 is 0 Å². The summed E-state index contributed by atoms with van der Waals surface area (Å²) in [5, 5.41) is 9.30. The lowest BCUT2D eigenvalue weighted by Gasteiger charge is -2.57. The summed E-state index contributed by atoms with van der Waals surface area (Å²) in [6, 6.07) is 11.5. The van der Waals surface area contributed by atoms with Gasteiger partial charge in [0, 0.05) is 18.2 Å². The summed E-state index contributed by atoms with van der Waals surface area (Å²) in [5.74, 6) is 2.94. The Hall–Kier alpha value is -2.83. The van der Waals surface area contributed by atoms with Crippen molar-refractivity contribution in [2.24, 2.45) is 17.8 Å². The Bertz CT molecular complexity index is 1160. The van der Waals surface area contributed by atoms with E-state index in [1.54, 1.807) is 19.2 Å². The molecule has 2 aromatic carbocycles. The van der Waals surface area contributed by atoms with Crippen LogP contribution in [0.3, 0.4) is 0 Å². The minimum atomic E-state index is -0.951. The van der Waals surface area contributed by atoms with Crippen molar-refractivity contribution in [3.63, 3.8) is 0 Å². The first kappa shape index (κ1) is 23.6. The lowest BCUT2D eigenvalue weighted by Crippen LogP contribution is -2.48. The van der Waals surface area contributed by atoms with Gasteiger partial charge in [-0.2, -0.15) is 0 Å². The van der Waals surface area contributed by atoms with E-state index < -0.39 is 12.4 Å². The number of methoxy groups -OCH3 is 1. The molecule has 1 unspecified atom stereocenters. The Morgan fingerprint density at radius 2 is 1.81 bits per heavy atom. The van der Waals surface area contributed by atoms with Crippen LogP contribution in [0.5, 0.6) is 11.5 Å². The summed E-state index contributed by atoms with van der Waals surface area (Å²) in [7, 11) is 1.61. The van der Waals surface area contributed by atoms with Gasteiger partial charge in [-0.1, -0.05) is 12.1 Å². The third-order valence-electron chi connectivity index (χ3n) is 8.65. The van der Waals surface area contributed by atoms with E-state index in [0.717, 1.165) is 40.2 Å². The number of benzene rings is 2. The maximum absolute atomic E-state index is 11.3. The van der Waals surface area contributed by atoms with Crippen molar-refractivity contribution in [1.82, 2.24) is 0 Å². The number of ether oxygens (including phenoxy) is 4. The quantitative estimate of drug-likeness (QED) is 0.449. The average Bonchev–Trinajstić information content (AvgIpc) is 2.87. The topological polar surface area (TPSA) is 74.2 Å². The Kier molecular flexibility index (Phi) is 6.05. The highest BCUT2D eigenvalue weighted by molar-refractivity contribution is 5.91. The molecule has 6 heteroatoms. The summed E-state index contributed by atoms with van der Waals surface area (Å²) < 4.78 is 23.4. The van der Waals surface area contributed by atoms with Crippen molar-refractivity contribution < 1.29 is 28.8 Å². The molecule has 1 heterocycles. The van der Waals surface area contributed by atoms with E-state index in [-0.39, 0.29) is 11.0 Å².